The molecule has 1 fully saturated rings. The molecule has 170 valence electrons. The quantitative estimate of drug-likeness (QED) is 0.315. The van der Waals surface area contributed by atoms with Gasteiger partial charge < -0.3 is 14.7 Å². The SMILES string of the molecule is CCNC(=NCCc1nc(C(C)C)no1)N1CCN(C/C=C/c2ccccc2)CC1.I. The molecule has 0 amide bonds. The third kappa shape index (κ3) is 8.25. The van der Waals surface area contributed by atoms with Crippen LogP contribution in [0.4, 0.5) is 0 Å². The van der Waals surface area contributed by atoms with Crippen LogP contribution in [0.2, 0.25) is 0 Å². The minimum Gasteiger partial charge on any atom is -0.357 e. The first-order valence-corrected chi connectivity index (χ1v) is 11.0. The minimum absolute atomic E-state index is 0. The molecule has 1 aliphatic rings. The molecule has 0 spiro atoms. The number of aliphatic imine (C=N–C) groups is 1. The number of benzene rings is 1. The number of rotatable bonds is 8. The number of halogens is 1. The molecule has 0 aliphatic carbocycles. The Hall–Kier alpha value is -1.94. The van der Waals surface area contributed by atoms with Gasteiger partial charge in [-0.2, -0.15) is 4.98 Å². The van der Waals surface area contributed by atoms with Gasteiger partial charge in [0.25, 0.3) is 0 Å². The predicted molar refractivity (Wildman–Crippen MR) is 137 cm³/mol. The number of guanidine groups is 1. The monoisotopic (exact) mass is 538 g/mol. The van der Waals surface area contributed by atoms with Gasteiger partial charge in [0.05, 0.1) is 6.54 Å². The van der Waals surface area contributed by atoms with Gasteiger partial charge in [0, 0.05) is 51.6 Å². The van der Waals surface area contributed by atoms with E-state index in [9.17, 15) is 0 Å². The molecule has 2 heterocycles. The van der Waals surface area contributed by atoms with Crippen molar-refractivity contribution in [3.05, 3.63) is 53.7 Å². The summed E-state index contributed by atoms with van der Waals surface area (Å²) in [6, 6.07) is 10.4. The predicted octanol–water partition coefficient (Wildman–Crippen LogP) is 3.65. The molecule has 7 nitrogen and oxygen atoms in total. The van der Waals surface area contributed by atoms with E-state index in [1.165, 1.54) is 5.56 Å². The van der Waals surface area contributed by atoms with E-state index in [-0.39, 0.29) is 29.9 Å². The standard InChI is InChI=1S/C23H34N6O.HI/c1-4-24-23(25-13-12-21-26-22(19(2)3)27-30-21)29-17-15-28(16-18-29)14-8-11-20-9-6-5-7-10-20;/h5-11,19H,4,12-18H2,1-3H3,(H,24,25);1H/b11-8+;. The summed E-state index contributed by atoms with van der Waals surface area (Å²) in [4.78, 5) is 14.0. The molecule has 0 bridgehead atoms. The zero-order valence-electron chi connectivity index (χ0n) is 18.8. The van der Waals surface area contributed by atoms with E-state index in [2.05, 4.69) is 82.4 Å². The van der Waals surface area contributed by atoms with Gasteiger partial charge in [0.2, 0.25) is 5.89 Å². The lowest BCUT2D eigenvalue weighted by atomic mass is 10.2. The molecule has 3 rings (SSSR count). The van der Waals surface area contributed by atoms with Crippen molar-refractivity contribution in [2.24, 2.45) is 4.99 Å². The third-order valence-corrected chi connectivity index (χ3v) is 5.07. The number of nitrogens with one attached hydrogen (secondary N) is 1. The molecule has 0 atom stereocenters. The number of piperazine rings is 1. The lowest BCUT2D eigenvalue weighted by molar-refractivity contribution is 0.194. The van der Waals surface area contributed by atoms with Crippen LogP contribution in [0.15, 0.2) is 45.9 Å². The maximum atomic E-state index is 5.32. The van der Waals surface area contributed by atoms with Crippen LogP contribution in [-0.2, 0) is 6.42 Å². The largest absolute Gasteiger partial charge is 0.357 e. The maximum Gasteiger partial charge on any atom is 0.228 e. The van der Waals surface area contributed by atoms with Gasteiger partial charge in [-0.25, -0.2) is 0 Å². The van der Waals surface area contributed by atoms with Crippen LogP contribution >= 0.6 is 24.0 Å². The highest BCUT2D eigenvalue weighted by Crippen LogP contribution is 2.10. The fraction of sp³-hybridized carbons (Fsp3) is 0.522. The van der Waals surface area contributed by atoms with Crippen LogP contribution in [0.25, 0.3) is 6.08 Å². The molecule has 1 saturated heterocycles. The second kappa shape index (κ2) is 13.5. The molecule has 0 unspecified atom stereocenters. The van der Waals surface area contributed by atoms with E-state index in [0.717, 1.165) is 51.1 Å². The van der Waals surface area contributed by atoms with E-state index in [1.807, 2.05) is 6.07 Å². The highest BCUT2D eigenvalue weighted by Gasteiger charge is 2.19. The zero-order chi connectivity index (χ0) is 21.2. The van der Waals surface area contributed by atoms with Crippen LogP contribution in [0, 0.1) is 0 Å². The van der Waals surface area contributed by atoms with Crippen LogP contribution in [-0.4, -0.2) is 71.7 Å². The van der Waals surface area contributed by atoms with Crippen molar-refractivity contribution in [3.8, 4) is 0 Å². The van der Waals surface area contributed by atoms with Crippen molar-refractivity contribution in [3.63, 3.8) is 0 Å². The van der Waals surface area contributed by atoms with Gasteiger partial charge in [0.15, 0.2) is 11.8 Å². The molecular weight excluding hydrogens is 503 g/mol. The Morgan fingerprint density at radius 1 is 1.19 bits per heavy atom. The normalized spacial score (nSPS) is 15.5. The third-order valence-electron chi connectivity index (χ3n) is 5.07. The van der Waals surface area contributed by atoms with E-state index in [0.29, 0.717) is 18.9 Å². The number of hydrogen-bond donors (Lipinski definition) is 1. The first-order valence-electron chi connectivity index (χ1n) is 11.0. The molecule has 0 radical (unpaired) electrons. The number of aromatic nitrogens is 2. The molecule has 1 aromatic carbocycles. The highest BCUT2D eigenvalue weighted by atomic mass is 127. The molecule has 0 saturated carbocycles. The van der Waals surface area contributed by atoms with Crippen molar-refractivity contribution in [2.45, 2.75) is 33.1 Å². The molecular formula is C23H35IN6O. The summed E-state index contributed by atoms with van der Waals surface area (Å²) in [6.45, 7) is 12.7. The molecule has 1 aromatic heterocycles. The summed E-state index contributed by atoms with van der Waals surface area (Å²) in [5, 5.41) is 7.44. The Kier molecular flexibility index (Phi) is 11.0. The summed E-state index contributed by atoms with van der Waals surface area (Å²) in [7, 11) is 0. The second-order valence-corrected chi connectivity index (χ2v) is 7.79. The Morgan fingerprint density at radius 2 is 1.94 bits per heavy atom. The lowest BCUT2D eigenvalue weighted by Gasteiger charge is -2.36. The number of nitrogens with zero attached hydrogens (tertiary/aromatic N) is 5. The van der Waals surface area contributed by atoms with Crippen molar-refractivity contribution in [2.75, 3.05) is 45.8 Å². The summed E-state index contributed by atoms with van der Waals surface area (Å²) in [5.41, 5.74) is 1.25. The van der Waals surface area contributed by atoms with E-state index < -0.39 is 0 Å². The Balaban J connectivity index is 0.00000341. The summed E-state index contributed by atoms with van der Waals surface area (Å²) in [6.07, 6.45) is 5.11. The molecule has 1 aliphatic heterocycles. The van der Waals surface area contributed by atoms with Crippen LogP contribution in [0.1, 0.15) is 44.0 Å². The van der Waals surface area contributed by atoms with E-state index in [4.69, 9.17) is 9.52 Å². The smallest absolute Gasteiger partial charge is 0.228 e. The van der Waals surface area contributed by atoms with E-state index in [1.54, 1.807) is 0 Å². The molecule has 2 aromatic rings. The summed E-state index contributed by atoms with van der Waals surface area (Å²) in [5.74, 6) is 2.68. The molecule has 1 N–H and O–H groups in total. The van der Waals surface area contributed by atoms with Crippen molar-refractivity contribution < 1.29 is 4.52 Å². The molecule has 31 heavy (non-hydrogen) atoms. The zero-order valence-corrected chi connectivity index (χ0v) is 21.2. The van der Waals surface area contributed by atoms with Crippen molar-refractivity contribution in [1.29, 1.82) is 0 Å². The first kappa shape index (κ1) is 25.3. The average molecular weight is 538 g/mol. The lowest BCUT2D eigenvalue weighted by Crippen LogP contribution is -2.52. The Bertz CT molecular complexity index is 812. The highest BCUT2D eigenvalue weighted by molar-refractivity contribution is 14.0. The summed E-state index contributed by atoms with van der Waals surface area (Å²) >= 11 is 0. The number of hydrogen-bond acceptors (Lipinski definition) is 5. The van der Waals surface area contributed by atoms with Gasteiger partial charge in [-0.15, -0.1) is 24.0 Å². The minimum atomic E-state index is 0. The first-order chi connectivity index (χ1) is 14.7. The fourth-order valence-electron chi connectivity index (χ4n) is 3.33. The molecule has 8 heteroatoms. The van der Waals surface area contributed by atoms with Crippen LogP contribution < -0.4 is 5.32 Å². The van der Waals surface area contributed by atoms with Gasteiger partial charge >= 0.3 is 0 Å². The maximum absolute atomic E-state index is 5.32. The van der Waals surface area contributed by atoms with Gasteiger partial charge in [-0.1, -0.05) is 61.5 Å². The topological polar surface area (TPSA) is 69.8 Å². The van der Waals surface area contributed by atoms with Gasteiger partial charge in [-0.3, -0.25) is 9.89 Å². The fourth-order valence-corrected chi connectivity index (χ4v) is 3.33. The van der Waals surface area contributed by atoms with Crippen LogP contribution in [0.3, 0.4) is 0 Å². The Labute approximate surface area is 203 Å². The van der Waals surface area contributed by atoms with E-state index >= 15 is 0 Å². The Morgan fingerprint density at radius 3 is 2.58 bits per heavy atom. The van der Waals surface area contributed by atoms with Crippen molar-refractivity contribution >= 4 is 36.0 Å². The summed E-state index contributed by atoms with van der Waals surface area (Å²) < 4.78 is 5.32. The van der Waals surface area contributed by atoms with Crippen molar-refractivity contribution in [1.82, 2.24) is 25.3 Å². The van der Waals surface area contributed by atoms with Crippen LogP contribution in [0.5, 0.6) is 0 Å². The van der Waals surface area contributed by atoms with Gasteiger partial charge in [0.1, 0.15) is 0 Å². The average Bonchev–Trinajstić information content (AvgIpc) is 3.24. The van der Waals surface area contributed by atoms with Gasteiger partial charge in [-0.05, 0) is 12.5 Å². The second-order valence-electron chi connectivity index (χ2n) is 7.79.